The Balaban J connectivity index is 1.82. The number of anilines is 1. The average molecular weight is 390 g/mol. The van der Waals surface area contributed by atoms with E-state index < -0.39 is 0 Å². The van der Waals surface area contributed by atoms with Gasteiger partial charge in [0.05, 0.1) is 19.8 Å². The molecule has 2 aromatic heterocycles. The summed E-state index contributed by atoms with van der Waals surface area (Å²) in [5, 5.41) is 14.5. The maximum Gasteiger partial charge on any atom is 0.276 e. The Morgan fingerprint density at radius 1 is 1.19 bits per heavy atom. The Morgan fingerprint density at radius 3 is 2.65 bits per heavy atom. The van der Waals surface area contributed by atoms with Crippen LogP contribution in [-0.2, 0) is 0 Å². The van der Waals surface area contributed by atoms with Crippen molar-refractivity contribution in [2.24, 2.45) is 0 Å². The molecule has 136 valence electrons. The molecule has 26 heavy (non-hydrogen) atoms. The van der Waals surface area contributed by atoms with Crippen molar-refractivity contribution in [2.45, 2.75) is 19.8 Å². The molecule has 0 atom stereocenters. The quantitative estimate of drug-likeness (QED) is 0.683. The third-order valence-electron chi connectivity index (χ3n) is 3.53. The summed E-state index contributed by atoms with van der Waals surface area (Å²) in [7, 11) is 3.15. The van der Waals surface area contributed by atoms with Gasteiger partial charge in [0.2, 0.25) is 5.13 Å². The van der Waals surface area contributed by atoms with Crippen LogP contribution in [0.4, 0.5) is 5.13 Å². The third kappa shape index (κ3) is 3.68. The number of thiazole rings is 1. The van der Waals surface area contributed by atoms with Gasteiger partial charge in [-0.3, -0.25) is 10.1 Å². The first-order chi connectivity index (χ1) is 12.5. The first-order valence-corrected chi connectivity index (χ1v) is 9.54. The minimum Gasteiger partial charge on any atom is -0.493 e. The molecule has 0 radical (unpaired) electrons. The summed E-state index contributed by atoms with van der Waals surface area (Å²) in [6, 6.07) is 5.54. The standard InChI is InChI=1S/C17H18N4O3S2/c1-9(2)15-20-21-17(26-15)19-14(22)11-8-25-16(18-11)10-6-5-7-12(23-3)13(10)24-4/h5-9H,1-4H3,(H,19,21,22). The zero-order chi connectivity index (χ0) is 18.7. The van der Waals surface area contributed by atoms with Crippen LogP contribution in [0.1, 0.15) is 35.3 Å². The molecule has 7 nitrogen and oxygen atoms in total. The fourth-order valence-electron chi connectivity index (χ4n) is 2.24. The number of amides is 1. The summed E-state index contributed by atoms with van der Waals surface area (Å²) in [6.45, 7) is 4.06. The van der Waals surface area contributed by atoms with Gasteiger partial charge in [-0.1, -0.05) is 31.3 Å². The number of hydrogen-bond acceptors (Lipinski definition) is 8. The van der Waals surface area contributed by atoms with E-state index in [1.807, 2.05) is 32.0 Å². The molecule has 0 unspecified atom stereocenters. The molecule has 0 aliphatic rings. The molecule has 3 rings (SSSR count). The molecule has 2 heterocycles. The molecule has 0 aliphatic carbocycles. The summed E-state index contributed by atoms with van der Waals surface area (Å²) in [5.74, 6) is 1.15. The van der Waals surface area contributed by atoms with Gasteiger partial charge in [0, 0.05) is 11.3 Å². The lowest BCUT2D eigenvalue weighted by atomic mass is 10.2. The van der Waals surface area contributed by atoms with Crippen molar-refractivity contribution in [3.63, 3.8) is 0 Å². The van der Waals surface area contributed by atoms with Crippen LogP contribution < -0.4 is 14.8 Å². The van der Waals surface area contributed by atoms with Gasteiger partial charge in [-0.25, -0.2) is 4.98 Å². The van der Waals surface area contributed by atoms with Crippen molar-refractivity contribution in [1.29, 1.82) is 0 Å². The Hall–Kier alpha value is -2.52. The summed E-state index contributed by atoms with van der Waals surface area (Å²) in [6.07, 6.45) is 0. The van der Waals surface area contributed by atoms with Crippen molar-refractivity contribution in [3.05, 3.63) is 34.3 Å². The predicted octanol–water partition coefficient (Wildman–Crippen LogP) is 4.05. The van der Waals surface area contributed by atoms with Crippen LogP contribution in [0.25, 0.3) is 10.6 Å². The first kappa shape index (κ1) is 18.3. The maximum atomic E-state index is 12.4. The summed E-state index contributed by atoms with van der Waals surface area (Å²) in [4.78, 5) is 16.9. The molecule has 1 amide bonds. The molecule has 0 saturated carbocycles. The number of nitrogens with one attached hydrogen (secondary N) is 1. The molecule has 1 aromatic carbocycles. The summed E-state index contributed by atoms with van der Waals surface area (Å²) >= 11 is 2.72. The topological polar surface area (TPSA) is 86.2 Å². The highest BCUT2D eigenvalue weighted by Crippen LogP contribution is 2.39. The zero-order valence-electron chi connectivity index (χ0n) is 14.8. The Morgan fingerprint density at radius 2 is 2.00 bits per heavy atom. The average Bonchev–Trinajstić information content (AvgIpc) is 3.30. The van der Waals surface area contributed by atoms with E-state index in [2.05, 4.69) is 20.5 Å². The molecule has 3 aromatic rings. The van der Waals surface area contributed by atoms with Gasteiger partial charge in [-0.05, 0) is 12.1 Å². The van der Waals surface area contributed by atoms with Gasteiger partial charge in [0.15, 0.2) is 11.5 Å². The van der Waals surface area contributed by atoms with Crippen LogP contribution in [0.2, 0.25) is 0 Å². The van der Waals surface area contributed by atoms with E-state index in [1.165, 1.54) is 22.7 Å². The minimum atomic E-state index is -0.319. The lowest BCUT2D eigenvalue weighted by Gasteiger charge is -2.10. The van der Waals surface area contributed by atoms with E-state index in [-0.39, 0.29) is 11.8 Å². The maximum absolute atomic E-state index is 12.4. The Bertz CT molecular complexity index is 920. The van der Waals surface area contributed by atoms with E-state index in [0.717, 1.165) is 10.6 Å². The number of benzene rings is 1. The number of hydrogen-bond donors (Lipinski definition) is 1. The van der Waals surface area contributed by atoms with Gasteiger partial charge in [0.25, 0.3) is 5.91 Å². The van der Waals surface area contributed by atoms with Crippen molar-refractivity contribution in [1.82, 2.24) is 15.2 Å². The second kappa shape index (κ2) is 7.79. The van der Waals surface area contributed by atoms with E-state index >= 15 is 0 Å². The smallest absolute Gasteiger partial charge is 0.276 e. The fourth-order valence-corrected chi connectivity index (χ4v) is 3.80. The Labute approximate surface area is 159 Å². The highest BCUT2D eigenvalue weighted by molar-refractivity contribution is 7.15. The molecular weight excluding hydrogens is 372 g/mol. The molecule has 0 spiro atoms. The van der Waals surface area contributed by atoms with Gasteiger partial charge in [-0.2, -0.15) is 0 Å². The largest absolute Gasteiger partial charge is 0.493 e. The first-order valence-electron chi connectivity index (χ1n) is 7.85. The van der Waals surface area contributed by atoms with Crippen LogP contribution in [-0.4, -0.2) is 35.3 Å². The second-order valence-electron chi connectivity index (χ2n) is 5.63. The lowest BCUT2D eigenvalue weighted by molar-refractivity contribution is 0.102. The molecule has 9 heteroatoms. The number of nitrogens with zero attached hydrogens (tertiary/aromatic N) is 3. The highest BCUT2D eigenvalue weighted by Gasteiger charge is 2.18. The van der Waals surface area contributed by atoms with Crippen LogP contribution in [0.3, 0.4) is 0 Å². The number of rotatable bonds is 6. The van der Waals surface area contributed by atoms with Gasteiger partial charge < -0.3 is 9.47 Å². The van der Waals surface area contributed by atoms with Crippen LogP contribution in [0.15, 0.2) is 23.6 Å². The lowest BCUT2D eigenvalue weighted by Crippen LogP contribution is -2.12. The van der Waals surface area contributed by atoms with Crippen LogP contribution in [0, 0.1) is 0 Å². The number of aromatic nitrogens is 3. The molecule has 0 bridgehead atoms. The van der Waals surface area contributed by atoms with Crippen LogP contribution in [0.5, 0.6) is 11.5 Å². The predicted molar refractivity (Wildman–Crippen MR) is 103 cm³/mol. The molecule has 1 N–H and O–H groups in total. The number of para-hydroxylation sites is 1. The third-order valence-corrected chi connectivity index (χ3v) is 5.54. The SMILES string of the molecule is COc1cccc(-c2nc(C(=O)Nc3nnc(C(C)C)s3)cs2)c1OC. The van der Waals surface area contributed by atoms with Gasteiger partial charge in [0.1, 0.15) is 15.7 Å². The van der Waals surface area contributed by atoms with Gasteiger partial charge in [-0.15, -0.1) is 21.5 Å². The number of carbonyl (C=O) groups excluding carboxylic acids is 1. The highest BCUT2D eigenvalue weighted by atomic mass is 32.1. The number of methoxy groups -OCH3 is 2. The fraction of sp³-hybridized carbons (Fsp3) is 0.294. The number of ether oxygens (including phenoxy) is 2. The summed E-state index contributed by atoms with van der Waals surface area (Å²) < 4.78 is 10.7. The van der Waals surface area contributed by atoms with E-state index in [9.17, 15) is 4.79 Å². The van der Waals surface area contributed by atoms with E-state index in [4.69, 9.17) is 9.47 Å². The van der Waals surface area contributed by atoms with Crippen molar-refractivity contribution < 1.29 is 14.3 Å². The minimum absolute atomic E-state index is 0.268. The van der Waals surface area contributed by atoms with Crippen molar-refractivity contribution in [3.8, 4) is 22.1 Å². The molecule has 0 aliphatic heterocycles. The van der Waals surface area contributed by atoms with E-state index in [1.54, 1.807) is 19.6 Å². The Kier molecular flexibility index (Phi) is 5.48. The zero-order valence-corrected chi connectivity index (χ0v) is 16.4. The van der Waals surface area contributed by atoms with E-state index in [0.29, 0.717) is 27.3 Å². The van der Waals surface area contributed by atoms with Crippen LogP contribution >= 0.6 is 22.7 Å². The van der Waals surface area contributed by atoms with Gasteiger partial charge >= 0.3 is 0 Å². The molecule has 0 fully saturated rings. The summed E-state index contributed by atoms with van der Waals surface area (Å²) in [5.41, 5.74) is 1.09. The monoisotopic (exact) mass is 390 g/mol. The molecular formula is C17H18N4O3S2. The van der Waals surface area contributed by atoms with Crippen molar-refractivity contribution in [2.75, 3.05) is 19.5 Å². The normalized spacial score (nSPS) is 10.8. The second-order valence-corrected chi connectivity index (χ2v) is 7.50. The number of carbonyl (C=O) groups is 1. The molecule has 0 saturated heterocycles. The van der Waals surface area contributed by atoms with Crippen molar-refractivity contribution >= 4 is 33.7 Å².